The fourth-order valence-corrected chi connectivity index (χ4v) is 4.77. The summed E-state index contributed by atoms with van der Waals surface area (Å²) in [5, 5.41) is 2.89. The third-order valence-corrected chi connectivity index (χ3v) is 6.86. The first-order valence-electron chi connectivity index (χ1n) is 11.2. The van der Waals surface area contributed by atoms with E-state index in [1.54, 1.807) is 13.0 Å². The number of nitrogens with one attached hydrogen (secondary N) is 1. The SMILES string of the molecule is COc1ccc(N(CC(=O)N(Cc2cccc(Br)c2)[C@H](C)C(=O)NC(C)(C)C)S(C)(=O)=O)c(OC)c1. The van der Waals surface area contributed by atoms with Crippen LogP contribution in [0.25, 0.3) is 0 Å². The Morgan fingerprint density at radius 1 is 1.08 bits per heavy atom. The van der Waals surface area contributed by atoms with Crippen molar-refractivity contribution in [2.45, 2.75) is 45.8 Å². The lowest BCUT2D eigenvalue weighted by molar-refractivity contribution is -0.140. The number of hydrogen-bond donors (Lipinski definition) is 1. The van der Waals surface area contributed by atoms with Crippen LogP contribution >= 0.6 is 15.9 Å². The Kier molecular flexibility index (Phi) is 9.78. The summed E-state index contributed by atoms with van der Waals surface area (Å²) in [4.78, 5) is 28.0. The number of rotatable bonds is 10. The fourth-order valence-electron chi connectivity index (χ4n) is 3.47. The third-order valence-electron chi connectivity index (χ3n) is 5.24. The molecule has 0 aliphatic rings. The first-order chi connectivity index (χ1) is 16.7. The summed E-state index contributed by atoms with van der Waals surface area (Å²) in [5.41, 5.74) is 0.454. The summed E-state index contributed by atoms with van der Waals surface area (Å²) in [7, 11) is -1.01. The average molecular weight is 585 g/mol. The van der Waals surface area contributed by atoms with Crippen molar-refractivity contribution in [2.24, 2.45) is 0 Å². The molecule has 2 amide bonds. The summed E-state index contributed by atoms with van der Waals surface area (Å²) < 4.78 is 37.9. The highest BCUT2D eigenvalue weighted by Gasteiger charge is 2.32. The molecule has 0 bridgehead atoms. The van der Waals surface area contributed by atoms with Crippen LogP contribution in [0.15, 0.2) is 46.9 Å². The number of benzene rings is 2. The average Bonchev–Trinajstić information content (AvgIpc) is 2.78. The molecule has 0 unspecified atom stereocenters. The standard InChI is InChI=1S/C25H34BrN3O6S/c1-17(24(31)27-25(2,3)4)28(15-18-9-8-10-19(26)13-18)23(30)16-29(36(7,32)33)21-12-11-20(34-5)14-22(21)35-6/h8-14,17H,15-16H2,1-7H3,(H,27,31)/t17-/m1/s1. The Labute approximate surface area is 221 Å². The summed E-state index contributed by atoms with van der Waals surface area (Å²) in [5.74, 6) is -0.197. The molecule has 11 heteroatoms. The quantitative estimate of drug-likeness (QED) is 0.458. The molecule has 1 atom stereocenters. The van der Waals surface area contributed by atoms with Crippen molar-refractivity contribution in [2.75, 3.05) is 31.3 Å². The Hall–Kier alpha value is -2.79. The maximum absolute atomic E-state index is 13.7. The molecular weight excluding hydrogens is 550 g/mol. The Bertz CT molecular complexity index is 1200. The Morgan fingerprint density at radius 2 is 1.75 bits per heavy atom. The number of amides is 2. The van der Waals surface area contributed by atoms with E-state index in [0.717, 1.165) is 20.6 Å². The van der Waals surface area contributed by atoms with Crippen LogP contribution in [0.1, 0.15) is 33.3 Å². The molecule has 0 aromatic heterocycles. The number of halogens is 1. The normalized spacial score (nSPS) is 12.4. The molecule has 2 aromatic carbocycles. The molecule has 36 heavy (non-hydrogen) atoms. The number of anilines is 1. The topological polar surface area (TPSA) is 105 Å². The zero-order valence-corrected chi connectivity index (χ0v) is 24.1. The maximum atomic E-state index is 13.7. The van der Waals surface area contributed by atoms with E-state index < -0.39 is 34.1 Å². The highest BCUT2D eigenvalue weighted by atomic mass is 79.9. The molecular formula is C25H34BrN3O6S. The van der Waals surface area contributed by atoms with Gasteiger partial charge in [-0.1, -0.05) is 28.1 Å². The number of carbonyl (C=O) groups excluding carboxylic acids is 2. The van der Waals surface area contributed by atoms with Gasteiger partial charge in [0.1, 0.15) is 24.1 Å². The zero-order chi connectivity index (χ0) is 27.3. The highest BCUT2D eigenvalue weighted by Crippen LogP contribution is 2.33. The van der Waals surface area contributed by atoms with E-state index in [9.17, 15) is 18.0 Å². The molecule has 0 spiro atoms. The second kappa shape index (κ2) is 12.0. The van der Waals surface area contributed by atoms with E-state index in [1.807, 2.05) is 45.0 Å². The molecule has 0 aliphatic heterocycles. The van der Waals surface area contributed by atoms with Gasteiger partial charge in [-0.15, -0.1) is 0 Å². The lowest BCUT2D eigenvalue weighted by Crippen LogP contribution is -2.54. The minimum Gasteiger partial charge on any atom is -0.497 e. The van der Waals surface area contributed by atoms with E-state index in [2.05, 4.69) is 21.2 Å². The predicted molar refractivity (Wildman–Crippen MR) is 144 cm³/mol. The third kappa shape index (κ3) is 8.12. The summed E-state index contributed by atoms with van der Waals surface area (Å²) in [6.07, 6.45) is 1.01. The highest BCUT2D eigenvalue weighted by molar-refractivity contribution is 9.10. The molecule has 2 aromatic rings. The van der Waals surface area contributed by atoms with Gasteiger partial charge < -0.3 is 19.7 Å². The van der Waals surface area contributed by atoms with Gasteiger partial charge >= 0.3 is 0 Å². The number of hydrogen-bond acceptors (Lipinski definition) is 6. The van der Waals surface area contributed by atoms with Crippen LogP contribution in [0.3, 0.4) is 0 Å². The Morgan fingerprint density at radius 3 is 2.28 bits per heavy atom. The fraction of sp³-hybridized carbons (Fsp3) is 0.440. The van der Waals surface area contributed by atoms with Gasteiger partial charge in [-0.2, -0.15) is 0 Å². The minimum absolute atomic E-state index is 0.106. The van der Waals surface area contributed by atoms with Gasteiger partial charge in [0.15, 0.2) is 0 Å². The number of ether oxygens (including phenoxy) is 2. The lowest BCUT2D eigenvalue weighted by Gasteiger charge is -2.33. The van der Waals surface area contributed by atoms with Crippen molar-refractivity contribution >= 4 is 43.5 Å². The van der Waals surface area contributed by atoms with Gasteiger partial charge in [0.05, 0.1) is 26.2 Å². The Balaban J connectivity index is 2.48. The van der Waals surface area contributed by atoms with Crippen molar-refractivity contribution in [1.29, 1.82) is 0 Å². The van der Waals surface area contributed by atoms with Gasteiger partial charge in [0.25, 0.3) is 0 Å². The molecule has 0 radical (unpaired) electrons. The maximum Gasteiger partial charge on any atom is 0.244 e. The molecule has 0 aliphatic carbocycles. The van der Waals surface area contributed by atoms with E-state index in [1.165, 1.54) is 31.3 Å². The first-order valence-corrected chi connectivity index (χ1v) is 13.9. The van der Waals surface area contributed by atoms with Gasteiger partial charge in [-0.05, 0) is 57.5 Å². The van der Waals surface area contributed by atoms with E-state index >= 15 is 0 Å². The molecule has 2 rings (SSSR count). The monoisotopic (exact) mass is 583 g/mol. The van der Waals surface area contributed by atoms with E-state index in [-0.39, 0.29) is 23.9 Å². The number of carbonyl (C=O) groups is 2. The smallest absolute Gasteiger partial charge is 0.244 e. The minimum atomic E-state index is -3.90. The van der Waals surface area contributed by atoms with Crippen LogP contribution in [0.2, 0.25) is 0 Å². The molecule has 0 saturated carbocycles. The molecule has 1 N–H and O–H groups in total. The second-order valence-electron chi connectivity index (χ2n) is 9.37. The summed E-state index contributed by atoms with van der Waals surface area (Å²) in [6, 6.07) is 11.1. The van der Waals surface area contributed by atoms with Crippen LogP contribution in [-0.2, 0) is 26.2 Å². The largest absolute Gasteiger partial charge is 0.497 e. The van der Waals surface area contributed by atoms with Gasteiger partial charge in [0.2, 0.25) is 21.8 Å². The number of nitrogens with zero attached hydrogens (tertiary/aromatic N) is 2. The number of methoxy groups -OCH3 is 2. The van der Waals surface area contributed by atoms with Crippen LogP contribution in [-0.4, -0.2) is 63.7 Å². The van der Waals surface area contributed by atoms with Gasteiger partial charge in [0, 0.05) is 22.6 Å². The number of sulfonamides is 1. The van der Waals surface area contributed by atoms with Crippen molar-refractivity contribution < 1.29 is 27.5 Å². The van der Waals surface area contributed by atoms with Crippen molar-refractivity contribution in [3.05, 3.63) is 52.5 Å². The first kappa shape index (κ1) is 29.4. The van der Waals surface area contributed by atoms with Crippen LogP contribution < -0.4 is 19.1 Å². The van der Waals surface area contributed by atoms with Gasteiger partial charge in [-0.3, -0.25) is 13.9 Å². The molecule has 0 heterocycles. The van der Waals surface area contributed by atoms with Crippen molar-refractivity contribution in [3.8, 4) is 11.5 Å². The predicted octanol–water partition coefficient (Wildman–Crippen LogP) is 3.56. The molecule has 198 valence electrons. The lowest BCUT2D eigenvalue weighted by atomic mass is 10.1. The van der Waals surface area contributed by atoms with E-state index in [4.69, 9.17) is 9.47 Å². The second-order valence-corrected chi connectivity index (χ2v) is 12.2. The van der Waals surface area contributed by atoms with Crippen LogP contribution in [0.5, 0.6) is 11.5 Å². The van der Waals surface area contributed by atoms with Crippen LogP contribution in [0.4, 0.5) is 5.69 Å². The summed E-state index contributed by atoms with van der Waals surface area (Å²) >= 11 is 3.43. The molecule has 0 saturated heterocycles. The summed E-state index contributed by atoms with van der Waals surface area (Å²) in [6.45, 7) is 6.74. The van der Waals surface area contributed by atoms with Gasteiger partial charge in [-0.25, -0.2) is 8.42 Å². The zero-order valence-electron chi connectivity index (χ0n) is 21.7. The van der Waals surface area contributed by atoms with Crippen LogP contribution in [0, 0.1) is 0 Å². The van der Waals surface area contributed by atoms with Crippen molar-refractivity contribution in [1.82, 2.24) is 10.2 Å². The van der Waals surface area contributed by atoms with Crippen molar-refractivity contribution in [3.63, 3.8) is 0 Å². The molecule has 9 nitrogen and oxygen atoms in total. The van der Waals surface area contributed by atoms with E-state index in [0.29, 0.717) is 5.75 Å². The molecule has 0 fully saturated rings.